The van der Waals surface area contributed by atoms with Crippen molar-refractivity contribution in [1.29, 1.82) is 0 Å². The van der Waals surface area contributed by atoms with E-state index < -0.39 is 0 Å². The van der Waals surface area contributed by atoms with Crippen molar-refractivity contribution in [3.05, 3.63) is 55.4 Å². The van der Waals surface area contributed by atoms with Gasteiger partial charge in [0.1, 0.15) is 30.2 Å². The zero-order valence-corrected chi connectivity index (χ0v) is 15.4. The minimum absolute atomic E-state index is 0.167. The van der Waals surface area contributed by atoms with Crippen LogP contribution in [0.15, 0.2) is 55.4 Å². The van der Waals surface area contributed by atoms with E-state index in [0.29, 0.717) is 12.4 Å². The first-order valence-electron chi connectivity index (χ1n) is 8.85. The second-order valence-electron chi connectivity index (χ2n) is 6.67. The number of nitrogen functional groups attached to an aromatic ring is 1. The van der Waals surface area contributed by atoms with Crippen molar-refractivity contribution in [3.63, 3.8) is 0 Å². The van der Waals surface area contributed by atoms with E-state index in [2.05, 4.69) is 42.5 Å². The molecule has 0 unspecified atom stereocenters. The van der Waals surface area contributed by atoms with Gasteiger partial charge in [0, 0.05) is 11.6 Å². The van der Waals surface area contributed by atoms with Crippen LogP contribution in [0.5, 0.6) is 5.75 Å². The summed E-state index contributed by atoms with van der Waals surface area (Å²) in [5, 5.41) is 7.76. The first-order chi connectivity index (χ1) is 13.1. The summed E-state index contributed by atoms with van der Waals surface area (Å²) in [6.45, 7) is 8.30. The maximum atomic E-state index is 6.16. The Balaban J connectivity index is 1.86. The van der Waals surface area contributed by atoms with Gasteiger partial charge in [0.25, 0.3) is 0 Å². The molecule has 0 saturated heterocycles. The largest absolute Gasteiger partial charge is 0.490 e. The van der Waals surface area contributed by atoms with Gasteiger partial charge in [0.2, 0.25) is 0 Å². The summed E-state index contributed by atoms with van der Waals surface area (Å²) in [7, 11) is 0. The fourth-order valence-corrected chi connectivity index (χ4v) is 3.17. The highest BCUT2D eigenvalue weighted by molar-refractivity contribution is 6.00. The fourth-order valence-electron chi connectivity index (χ4n) is 3.17. The predicted octanol–water partition coefficient (Wildman–Crippen LogP) is 4.37. The summed E-state index contributed by atoms with van der Waals surface area (Å²) in [6, 6.07) is 12.4. The quantitative estimate of drug-likeness (QED) is 0.535. The molecule has 6 nitrogen and oxygen atoms in total. The lowest BCUT2D eigenvalue weighted by Gasteiger charge is -2.07. The lowest BCUT2D eigenvalue weighted by molar-refractivity contribution is 0.364. The van der Waals surface area contributed by atoms with Crippen LogP contribution < -0.4 is 10.5 Å². The van der Waals surface area contributed by atoms with Crippen LogP contribution in [-0.4, -0.2) is 26.4 Å². The number of rotatable bonds is 5. The minimum atomic E-state index is 0.167. The van der Waals surface area contributed by atoms with Gasteiger partial charge in [-0.2, -0.15) is 5.10 Å². The van der Waals surface area contributed by atoms with Crippen LogP contribution in [0.25, 0.3) is 33.1 Å². The molecule has 0 atom stereocenters. The number of aromatic nitrogens is 4. The van der Waals surface area contributed by atoms with Gasteiger partial charge in [0.05, 0.1) is 5.39 Å². The summed E-state index contributed by atoms with van der Waals surface area (Å²) in [5.41, 5.74) is 8.69. The SMILES string of the molecule is C=CCOc1ccc2cc(-c3nn(C(C)C)c4ncnc(N)c34)ccc2c1. The van der Waals surface area contributed by atoms with Crippen molar-refractivity contribution < 1.29 is 4.74 Å². The average Bonchev–Trinajstić information content (AvgIpc) is 3.07. The molecular formula is C21H21N5O. The van der Waals surface area contributed by atoms with Crippen molar-refractivity contribution in [1.82, 2.24) is 19.7 Å². The highest BCUT2D eigenvalue weighted by atomic mass is 16.5. The molecule has 0 spiro atoms. The minimum Gasteiger partial charge on any atom is -0.490 e. The summed E-state index contributed by atoms with van der Waals surface area (Å²) < 4.78 is 7.50. The van der Waals surface area contributed by atoms with Crippen molar-refractivity contribution in [2.24, 2.45) is 0 Å². The van der Waals surface area contributed by atoms with Crippen LogP contribution in [0.3, 0.4) is 0 Å². The Labute approximate surface area is 157 Å². The van der Waals surface area contributed by atoms with Crippen LogP contribution in [0, 0.1) is 0 Å². The maximum absolute atomic E-state index is 6.16. The van der Waals surface area contributed by atoms with E-state index in [1.54, 1.807) is 6.08 Å². The van der Waals surface area contributed by atoms with Gasteiger partial charge in [-0.1, -0.05) is 30.9 Å². The van der Waals surface area contributed by atoms with Crippen LogP contribution in [-0.2, 0) is 0 Å². The lowest BCUT2D eigenvalue weighted by atomic mass is 10.0. The third-order valence-electron chi connectivity index (χ3n) is 4.46. The molecule has 4 aromatic rings. The Morgan fingerprint density at radius 1 is 1.15 bits per heavy atom. The molecule has 2 N–H and O–H groups in total. The maximum Gasteiger partial charge on any atom is 0.164 e. The Morgan fingerprint density at radius 2 is 1.93 bits per heavy atom. The number of anilines is 1. The second kappa shape index (κ2) is 6.72. The van der Waals surface area contributed by atoms with Gasteiger partial charge in [0.15, 0.2) is 5.65 Å². The van der Waals surface area contributed by atoms with Crippen molar-refractivity contribution in [2.75, 3.05) is 12.3 Å². The van der Waals surface area contributed by atoms with E-state index in [4.69, 9.17) is 15.6 Å². The first-order valence-corrected chi connectivity index (χ1v) is 8.85. The number of hydrogen-bond donors (Lipinski definition) is 1. The number of nitrogens with zero attached hydrogens (tertiary/aromatic N) is 4. The van der Waals surface area contributed by atoms with E-state index in [9.17, 15) is 0 Å². The van der Waals surface area contributed by atoms with Gasteiger partial charge < -0.3 is 10.5 Å². The van der Waals surface area contributed by atoms with E-state index in [1.165, 1.54) is 6.33 Å². The van der Waals surface area contributed by atoms with Crippen LogP contribution in [0.4, 0.5) is 5.82 Å². The number of ether oxygens (including phenoxy) is 1. The Morgan fingerprint density at radius 3 is 2.70 bits per heavy atom. The van der Waals surface area contributed by atoms with E-state index in [1.807, 2.05) is 28.9 Å². The smallest absolute Gasteiger partial charge is 0.164 e. The molecule has 0 radical (unpaired) electrons. The van der Waals surface area contributed by atoms with Crippen molar-refractivity contribution >= 4 is 27.6 Å². The molecule has 0 saturated carbocycles. The zero-order valence-electron chi connectivity index (χ0n) is 15.4. The zero-order chi connectivity index (χ0) is 19.0. The van der Waals surface area contributed by atoms with Gasteiger partial charge in [-0.3, -0.25) is 0 Å². The topological polar surface area (TPSA) is 78.8 Å². The van der Waals surface area contributed by atoms with Gasteiger partial charge in [-0.05, 0) is 42.8 Å². The number of hydrogen-bond acceptors (Lipinski definition) is 5. The lowest BCUT2D eigenvalue weighted by Crippen LogP contribution is -2.04. The summed E-state index contributed by atoms with van der Waals surface area (Å²) in [4.78, 5) is 8.55. The molecular weight excluding hydrogens is 338 g/mol. The average molecular weight is 359 g/mol. The molecule has 0 fully saturated rings. The Kier molecular flexibility index (Phi) is 4.24. The van der Waals surface area contributed by atoms with E-state index >= 15 is 0 Å². The van der Waals surface area contributed by atoms with Gasteiger partial charge in [-0.25, -0.2) is 14.6 Å². The molecule has 2 heterocycles. The summed E-state index contributed by atoms with van der Waals surface area (Å²) in [5.74, 6) is 1.26. The predicted molar refractivity (Wildman–Crippen MR) is 109 cm³/mol. The third-order valence-corrected chi connectivity index (χ3v) is 4.46. The normalized spacial score (nSPS) is 11.4. The molecule has 0 amide bonds. The Hall–Kier alpha value is -3.41. The van der Waals surface area contributed by atoms with E-state index in [-0.39, 0.29) is 6.04 Å². The molecule has 0 aliphatic heterocycles. The number of nitrogens with two attached hydrogens (primary N) is 1. The first kappa shape index (κ1) is 17.0. The summed E-state index contributed by atoms with van der Waals surface area (Å²) >= 11 is 0. The Bertz CT molecular complexity index is 1150. The second-order valence-corrected chi connectivity index (χ2v) is 6.67. The highest BCUT2D eigenvalue weighted by Gasteiger charge is 2.18. The summed E-state index contributed by atoms with van der Waals surface area (Å²) in [6.07, 6.45) is 3.21. The van der Waals surface area contributed by atoms with Crippen molar-refractivity contribution in [3.8, 4) is 17.0 Å². The number of fused-ring (bicyclic) bond motifs is 2. The molecule has 27 heavy (non-hydrogen) atoms. The highest BCUT2D eigenvalue weighted by Crippen LogP contribution is 2.33. The number of benzene rings is 2. The molecule has 2 aromatic carbocycles. The van der Waals surface area contributed by atoms with Gasteiger partial charge >= 0.3 is 0 Å². The molecule has 136 valence electrons. The van der Waals surface area contributed by atoms with Crippen LogP contribution >= 0.6 is 0 Å². The molecule has 0 aliphatic rings. The fraction of sp³-hybridized carbons (Fsp3) is 0.190. The molecule has 6 heteroatoms. The molecule has 4 rings (SSSR count). The van der Waals surface area contributed by atoms with Crippen molar-refractivity contribution in [2.45, 2.75) is 19.9 Å². The van der Waals surface area contributed by atoms with Gasteiger partial charge in [-0.15, -0.1) is 0 Å². The monoisotopic (exact) mass is 359 g/mol. The molecule has 2 aromatic heterocycles. The van der Waals surface area contributed by atoms with E-state index in [0.717, 1.165) is 38.8 Å². The third kappa shape index (κ3) is 2.99. The molecule has 0 aliphatic carbocycles. The molecule has 0 bridgehead atoms. The standard InChI is InChI=1S/C21H21N5O/c1-4-9-27-17-8-7-14-10-16(6-5-15(14)11-17)19-18-20(22)23-12-24-21(18)26(25-19)13(2)3/h4-8,10-13H,1,9H2,2-3H3,(H2,22,23,24). The van der Waals surface area contributed by atoms with Crippen LogP contribution in [0.1, 0.15) is 19.9 Å². The van der Waals surface area contributed by atoms with Crippen LogP contribution in [0.2, 0.25) is 0 Å².